The minimum atomic E-state index is 0.139. The van der Waals surface area contributed by atoms with Crippen LogP contribution in [0.15, 0.2) is 41.4 Å². The van der Waals surface area contributed by atoms with E-state index >= 15 is 0 Å². The van der Waals surface area contributed by atoms with Crippen molar-refractivity contribution in [1.29, 1.82) is 0 Å². The predicted octanol–water partition coefficient (Wildman–Crippen LogP) is 3.17. The average molecular weight is 287 g/mol. The zero-order valence-corrected chi connectivity index (χ0v) is 12.2. The predicted molar refractivity (Wildman–Crippen MR) is 81.5 cm³/mol. The van der Waals surface area contributed by atoms with Crippen molar-refractivity contribution in [2.75, 3.05) is 21.3 Å². The van der Waals surface area contributed by atoms with Gasteiger partial charge in [-0.05, 0) is 30.3 Å². The number of methoxy groups -OCH3 is 3. The van der Waals surface area contributed by atoms with Crippen LogP contribution in [0.25, 0.3) is 0 Å². The summed E-state index contributed by atoms with van der Waals surface area (Å²) in [6.07, 6.45) is 1.57. The molecule has 0 fully saturated rings. The van der Waals surface area contributed by atoms with E-state index < -0.39 is 0 Å². The second-order valence-electron chi connectivity index (χ2n) is 4.22. The van der Waals surface area contributed by atoms with E-state index in [1.165, 1.54) is 0 Å². The third kappa shape index (κ3) is 3.45. The molecule has 2 rings (SSSR count). The van der Waals surface area contributed by atoms with E-state index in [-0.39, 0.29) is 5.75 Å². The molecule has 0 atom stereocenters. The molecule has 2 aromatic carbocycles. The molecular weight excluding hydrogens is 270 g/mol. The van der Waals surface area contributed by atoms with Gasteiger partial charge < -0.3 is 19.3 Å². The van der Waals surface area contributed by atoms with Crippen molar-refractivity contribution < 1.29 is 19.3 Å². The lowest BCUT2D eigenvalue weighted by Gasteiger charge is -2.07. The van der Waals surface area contributed by atoms with Crippen LogP contribution in [0.3, 0.4) is 0 Å². The summed E-state index contributed by atoms with van der Waals surface area (Å²) in [5, 5.41) is 9.80. The number of aromatic hydroxyl groups is 1. The lowest BCUT2D eigenvalue weighted by atomic mass is 10.2. The minimum absolute atomic E-state index is 0.139. The summed E-state index contributed by atoms with van der Waals surface area (Å²) in [6.45, 7) is 0. The number of aliphatic imine (C=N–C) groups is 1. The van der Waals surface area contributed by atoms with E-state index in [4.69, 9.17) is 14.2 Å². The van der Waals surface area contributed by atoms with E-state index in [9.17, 15) is 5.11 Å². The normalized spacial score (nSPS) is 10.6. The van der Waals surface area contributed by atoms with E-state index in [0.29, 0.717) is 28.5 Å². The third-order valence-electron chi connectivity index (χ3n) is 2.95. The van der Waals surface area contributed by atoms with Crippen molar-refractivity contribution in [1.82, 2.24) is 0 Å². The third-order valence-corrected chi connectivity index (χ3v) is 2.95. The molecule has 21 heavy (non-hydrogen) atoms. The van der Waals surface area contributed by atoms with Crippen LogP contribution in [0.2, 0.25) is 0 Å². The van der Waals surface area contributed by atoms with Crippen LogP contribution in [0.5, 0.6) is 23.0 Å². The van der Waals surface area contributed by atoms with Crippen LogP contribution in [0.4, 0.5) is 5.69 Å². The molecule has 0 heterocycles. The van der Waals surface area contributed by atoms with Gasteiger partial charge in [-0.2, -0.15) is 0 Å². The molecule has 0 saturated heterocycles. The largest absolute Gasteiger partial charge is 0.507 e. The van der Waals surface area contributed by atoms with Crippen LogP contribution in [0.1, 0.15) is 5.56 Å². The number of nitrogens with zero attached hydrogens (tertiary/aromatic N) is 1. The lowest BCUT2D eigenvalue weighted by molar-refractivity contribution is 0.355. The SMILES string of the molecule is COc1ccc(O)c(C=Nc2ccc(OC)c(OC)c2)c1. The number of phenolic OH excluding ortho intramolecular Hbond substituents is 1. The molecule has 5 heteroatoms. The quantitative estimate of drug-likeness (QED) is 0.858. The highest BCUT2D eigenvalue weighted by atomic mass is 16.5. The maximum absolute atomic E-state index is 9.80. The number of ether oxygens (including phenoxy) is 3. The Kier molecular flexibility index (Phi) is 4.66. The summed E-state index contributed by atoms with van der Waals surface area (Å²) in [5.41, 5.74) is 1.26. The van der Waals surface area contributed by atoms with Crippen molar-refractivity contribution in [3.8, 4) is 23.0 Å². The Bertz CT molecular complexity index is 653. The summed E-state index contributed by atoms with van der Waals surface area (Å²) < 4.78 is 15.5. The molecule has 0 amide bonds. The molecule has 0 saturated carbocycles. The van der Waals surface area contributed by atoms with Gasteiger partial charge in [0.15, 0.2) is 11.5 Å². The van der Waals surface area contributed by atoms with Gasteiger partial charge in [0.05, 0.1) is 27.0 Å². The second-order valence-corrected chi connectivity index (χ2v) is 4.22. The van der Waals surface area contributed by atoms with Gasteiger partial charge in [-0.3, -0.25) is 4.99 Å². The number of phenols is 1. The summed E-state index contributed by atoms with van der Waals surface area (Å²) in [5.74, 6) is 2.03. The Labute approximate surface area is 123 Å². The summed E-state index contributed by atoms with van der Waals surface area (Å²) >= 11 is 0. The molecule has 0 unspecified atom stereocenters. The first-order valence-corrected chi connectivity index (χ1v) is 6.31. The van der Waals surface area contributed by atoms with Gasteiger partial charge >= 0.3 is 0 Å². The average Bonchev–Trinajstić information content (AvgIpc) is 2.53. The Balaban J connectivity index is 2.29. The van der Waals surface area contributed by atoms with Gasteiger partial charge in [-0.25, -0.2) is 0 Å². The Hall–Kier alpha value is -2.69. The first-order valence-electron chi connectivity index (χ1n) is 6.31. The smallest absolute Gasteiger partial charge is 0.162 e. The highest BCUT2D eigenvalue weighted by Crippen LogP contribution is 2.31. The summed E-state index contributed by atoms with van der Waals surface area (Å²) in [6, 6.07) is 10.3. The van der Waals surface area contributed by atoms with Crippen LogP contribution in [-0.4, -0.2) is 32.7 Å². The summed E-state index contributed by atoms with van der Waals surface area (Å²) in [4.78, 5) is 4.32. The topological polar surface area (TPSA) is 60.3 Å². The minimum Gasteiger partial charge on any atom is -0.507 e. The van der Waals surface area contributed by atoms with Crippen LogP contribution in [0, 0.1) is 0 Å². The molecule has 2 aromatic rings. The van der Waals surface area contributed by atoms with Gasteiger partial charge in [-0.1, -0.05) is 0 Å². The summed E-state index contributed by atoms with van der Waals surface area (Å²) in [7, 11) is 4.72. The highest BCUT2D eigenvalue weighted by Gasteiger charge is 2.04. The number of hydrogen-bond acceptors (Lipinski definition) is 5. The zero-order valence-electron chi connectivity index (χ0n) is 12.2. The molecule has 0 aromatic heterocycles. The zero-order chi connectivity index (χ0) is 15.2. The monoisotopic (exact) mass is 287 g/mol. The van der Waals surface area contributed by atoms with Crippen molar-refractivity contribution in [3.63, 3.8) is 0 Å². The van der Waals surface area contributed by atoms with E-state index in [2.05, 4.69) is 4.99 Å². The highest BCUT2D eigenvalue weighted by molar-refractivity contribution is 5.86. The molecule has 0 bridgehead atoms. The van der Waals surface area contributed by atoms with Crippen molar-refractivity contribution in [2.45, 2.75) is 0 Å². The standard InChI is InChI=1S/C16H17NO4/c1-19-13-5-6-14(18)11(8-13)10-17-12-4-7-15(20-2)16(9-12)21-3/h4-10,18H,1-3H3. The molecular formula is C16H17NO4. The number of rotatable bonds is 5. The molecule has 0 radical (unpaired) electrons. The van der Waals surface area contributed by atoms with Gasteiger partial charge in [0.1, 0.15) is 11.5 Å². The maximum atomic E-state index is 9.80. The molecule has 0 aliphatic rings. The number of benzene rings is 2. The van der Waals surface area contributed by atoms with Gasteiger partial charge in [-0.15, -0.1) is 0 Å². The Morgan fingerprint density at radius 3 is 2.33 bits per heavy atom. The van der Waals surface area contributed by atoms with E-state index in [0.717, 1.165) is 0 Å². The van der Waals surface area contributed by atoms with E-state index in [1.807, 2.05) is 0 Å². The first-order chi connectivity index (χ1) is 10.2. The molecule has 110 valence electrons. The fraction of sp³-hybridized carbons (Fsp3) is 0.188. The molecule has 0 spiro atoms. The molecule has 5 nitrogen and oxygen atoms in total. The second kappa shape index (κ2) is 6.65. The van der Waals surface area contributed by atoms with Gasteiger partial charge in [0.25, 0.3) is 0 Å². The Morgan fingerprint density at radius 1 is 0.905 bits per heavy atom. The van der Waals surface area contributed by atoms with Crippen LogP contribution in [-0.2, 0) is 0 Å². The fourth-order valence-electron chi connectivity index (χ4n) is 1.81. The van der Waals surface area contributed by atoms with E-state index in [1.54, 1.807) is 63.9 Å². The van der Waals surface area contributed by atoms with Crippen LogP contribution >= 0.6 is 0 Å². The van der Waals surface area contributed by atoms with Gasteiger partial charge in [0.2, 0.25) is 0 Å². The molecule has 0 aliphatic heterocycles. The maximum Gasteiger partial charge on any atom is 0.162 e. The fourth-order valence-corrected chi connectivity index (χ4v) is 1.81. The van der Waals surface area contributed by atoms with Crippen LogP contribution < -0.4 is 14.2 Å². The molecule has 0 aliphatic carbocycles. The number of hydrogen-bond donors (Lipinski definition) is 1. The Morgan fingerprint density at radius 2 is 1.67 bits per heavy atom. The van der Waals surface area contributed by atoms with Crippen molar-refractivity contribution >= 4 is 11.9 Å². The van der Waals surface area contributed by atoms with Crippen molar-refractivity contribution in [3.05, 3.63) is 42.0 Å². The lowest BCUT2D eigenvalue weighted by Crippen LogP contribution is -1.90. The first kappa shape index (κ1) is 14.7. The molecule has 1 N–H and O–H groups in total. The van der Waals surface area contributed by atoms with Gasteiger partial charge in [0, 0.05) is 17.8 Å². The van der Waals surface area contributed by atoms with Crippen molar-refractivity contribution in [2.24, 2.45) is 4.99 Å².